The Balaban J connectivity index is 1.79. The predicted molar refractivity (Wildman–Crippen MR) is 141 cm³/mol. The van der Waals surface area contributed by atoms with Crippen LogP contribution in [0.25, 0.3) is 0 Å². The van der Waals surface area contributed by atoms with Crippen LogP contribution in [0.1, 0.15) is 31.2 Å². The van der Waals surface area contributed by atoms with Gasteiger partial charge in [0.15, 0.2) is 0 Å². The maximum atomic E-state index is 14.4. The summed E-state index contributed by atoms with van der Waals surface area (Å²) < 4.78 is -0.832. The van der Waals surface area contributed by atoms with Crippen LogP contribution in [-0.2, 0) is 14.4 Å². The van der Waals surface area contributed by atoms with E-state index in [0.29, 0.717) is 42.9 Å². The lowest BCUT2D eigenvalue weighted by molar-refractivity contribution is -0.148. The third kappa shape index (κ3) is 4.32. The molecular weight excluding hydrogens is 556 g/mol. The Morgan fingerprint density at radius 2 is 2.11 bits per heavy atom. The Morgan fingerprint density at radius 1 is 1.37 bits per heavy atom. The second kappa shape index (κ2) is 10.4. The Bertz CT molecular complexity index is 1020. The summed E-state index contributed by atoms with van der Waals surface area (Å²) in [6.45, 7) is 6.31. The number of aliphatic carboxylic acids is 1. The van der Waals surface area contributed by atoms with Crippen molar-refractivity contribution in [2.45, 2.75) is 53.5 Å². The third-order valence-electron chi connectivity index (χ3n) is 7.40. The fraction of sp³-hybridized carbons (Fsp3) is 0.560. The molecule has 2 bridgehead atoms. The largest absolute Gasteiger partial charge is 0.481 e. The van der Waals surface area contributed by atoms with Crippen LogP contribution in [0.4, 0.5) is 5.69 Å². The number of aliphatic hydroxyl groups excluding tert-OH is 1. The summed E-state index contributed by atoms with van der Waals surface area (Å²) in [6.07, 6.45) is 4.10. The van der Waals surface area contributed by atoms with Crippen molar-refractivity contribution in [2.24, 2.45) is 11.8 Å². The number of unbranched alkanes of at least 4 members (excludes halogenated alkanes) is 2. The van der Waals surface area contributed by atoms with Gasteiger partial charge in [0.25, 0.3) is 5.91 Å². The molecule has 3 fully saturated rings. The molecule has 6 atom stereocenters. The Labute approximate surface area is 223 Å². The molecule has 35 heavy (non-hydrogen) atoms. The number of rotatable bonds is 10. The number of amides is 2. The molecule has 1 aromatic rings. The molecule has 2 N–H and O–H groups in total. The summed E-state index contributed by atoms with van der Waals surface area (Å²) in [5.74, 6) is -3.13. The number of carboxylic acids is 1. The van der Waals surface area contributed by atoms with E-state index in [4.69, 9.17) is 16.7 Å². The smallest absolute Gasteiger partial charge is 0.308 e. The van der Waals surface area contributed by atoms with E-state index in [1.807, 2.05) is 19.1 Å². The first-order chi connectivity index (χ1) is 16.7. The maximum Gasteiger partial charge on any atom is 0.308 e. The zero-order valence-electron chi connectivity index (χ0n) is 19.5. The molecule has 10 heteroatoms. The van der Waals surface area contributed by atoms with Crippen molar-refractivity contribution in [2.75, 3.05) is 24.6 Å². The van der Waals surface area contributed by atoms with Crippen molar-refractivity contribution in [3.63, 3.8) is 0 Å². The van der Waals surface area contributed by atoms with Crippen molar-refractivity contribution in [1.29, 1.82) is 0 Å². The van der Waals surface area contributed by atoms with Crippen LogP contribution in [0.2, 0.25) is 5.02 Å². The van der Waals surface area contributed by atoms with Gasteiger partial charge in [0.05, 0.1) is 27.3 Å². The van der Waals surface area contributed by atoms with Gasteiger partial charge in [-0.3, -0.25) is 14.4 Å². The Kier molecular flexibility index (Phi) is 7.91. The van der Waals surface area contributed by atoms with Gasteiger partial charge in [0, 0.05) is 29.8 Å². The number of para-hydroxylation sites is 1. The summed E-state index contributed by atoms with van der Waals surface area (Å²) in [5.41, 5.74) is 1.40. The van der Waals surface area contributed by atoms with E-state index < -0.39 is 28.6 Å². The van der Waals surface area contributed by atoms with E-state index in [0.717, 1.165) is 5.56 Å². The molecule has 3 aliphatic rings. The minimum Gasteiger partial charge on any atom is -0.481 e. The number of nitrogens with zero attached hydrogens (tertiary/aromatic N) is 2. The van der Waals surface area contributed by atoms with Gasteiger partial charge in [-0.15, -0.1) is 18.3 Å². The van der Waals surface area contributed by atoms with Crippen molar-refractivity contribution >= 4 is 62.8 Å². The highest BCUT2D eigenvalue weighted by atomic mass is 79.9. The second-order valence-electron chi connectivity index (χ2n) is 9.46. The molecule has 1 aromatic carbocycles. The van der Waals surface area contributed by atoms with E-state index in [9.17, 15) is 19.5 Å². The number of aryl methyl sites for hydroxylation is 1. The number of carbonyl (C=O) groups excluding carboxylic acids is 2. The summed E-state index contributed by atoms with van der Waals surface area (Å²) in [5, 5.41) is 19.4. The fourth-order valence-electron chi connectivity index (χ4n) is 6.04. The minimum atomic E-state index is -0.995. The number of thioether (sulfide) groups is 1. The summed E-state index contributed by atoms with van der Waals surface area (Å²) in [6, 6.07) is 4.61. The third-order valence-corrected chi connectivity index (χ3v) is 10.9. The van der Waals surface area contributed by atoms with Crippen molar-refractivity contribution in [3.8, 4) is 0 Å². The molecular formula is C25H30BrClN2O5S. The summed E-state index contributed by atoms with van der Waals surface area (Å²) in [7, 11) is 0. The zero-order chi connectivity index (χ0) is 25.5. The number of fused-ring (bicyclic) bond motifs is 1. The number of aliphatic hydroxyl groups is 1. The maximum absolute atomic E-state index is 14.4. The quantitative estimate of drug-likeness (QED) is 0.246. The molecule has 3 aliphatic heterocycles. The highest BCUT2D eigenvalue weighted by molar-refractivity contribution is 9.09. The molecule has 4 rings (SSSR count). The summed E-state index contributed by atoms with van der Waals surface area (Å²) >= 11 is 11.7. The lowest BCUT2D eigenvalue weighted by Gasteiger charge is -2.38. The Hall–Kier alpha value is -1.55. The van der Waals surface area contributed by atoms with Gasteiger partial charge in [-0.2, -0.15) is 0 Å². The number of carboxylic acid groups (broad SMARTS) is 1. The predicted octanol–water partition coefficient (Wildman–Crippen LogP) is 3.88. The van der Waals surface area contributed by atoms with Gasteiger partial charge in [-0.25, -0.2) is 0 Å². The molecule has 3 heterocycles. The van der Waals surface area contributed by atoms with E-state index in [1.54, 1.807) is 21.9 Å². The van der Waals surface area contributed by atoms with Gasteiger partial charge in [-0.1, -0.05) is 45.7 Å². The minimum absolute atomic E-state index is 0.0612. The normalized spacial score (nSPS) is 31.0. The van der Waals surface area contributed by atoms with Crippen LogP contribution in [0.3, 0.4) is 0 Å². The van der Waals surface area contributed by atoms with Crippen LogP contribution >= 0.6 is 39.3 Å². The number of hydrogen-bond donors (Lipinski definition) is 2. The topological polar surface area (TPSA) is 98.2 Å². The average Bonchev–Trinajstić information content (AvgIpc) is 3.39. The molecule has 7 nitrogen and oxygen atoms in total. The first-order valence-corrected chi connectivity index (χ1v) is 14.0. The first kappa shape index (κ1) is 26.5. The molecule has 1 spiro atoms. The highest BCUT2D eigenvalue weighted by Crippen LogP contribution is 2.68. The SMILES string of the molecule is C=CCN(C(=O)C1N(CCCCCO)C(=O)[C@@H]2[C@@H](C(=O)O)[C@@H]3SC12CC3Br)c1c(C)cccc1Cl. The molecule has 2 amide bonds. The second-order valence-corrected chi connectivity index (χ2v) is 12.6. The fourth-order valence-corrected chi connectivity index (χ4v) is 9.96. The van der Waals surface area contributed by atoms with E-state index in [2.05, 4.69) is 22.5 Å². The molecule has 0 radical (unpaired) electrons. The average molecular weight is 586 g/mol. The van der Waals surface area contributed by atoms with Gasteiger partial charge < -0.3 is 20.0 Å². The van der Waals surface area contributed by atoms with Crippen LogP contribution in [-0.4, -0.2) is 73.5 Å². The number of anilines is 1. The number of alkyl halides is 1. The summed E-state index contributed by atoms with van der Waals surface area (Å²) in [4.78, 5) is 43.6. The molecule has 190 valence electrons. The van der Waals surface area contributed by atoms with E-state index >= 15 is 0 Å². The number of halogens is 2. The lowest BCUT2D eigenvalue weighted by Crippen LogP contribution is -2.55. The monoisotopic (exact) mass is 584 g/mol. The van der Waals surface area contributed by atoms with Gasteiger partial charge in [0.2, 0.25) is 5.91 Å². The van der Waals surface area contributed by atoms with Crippen molar-refractivity contribution in [1.82, 2.24) is 4.90 Å². The van der Waals surface area contributed by atoms with E-state index in [-0.39, 0.29) is 35.0 Å². The van der Waals surface area contributed by atoms with Crippen LogP contribution in [0, 0.1) is 18.8 Å². The molecule has 0 saturated carbocycles. The highest BCUT2D eigenvalue weighted by Gasteiger charge is 2.76. The van der Waals surface area contributed by atoms with Crippen molar-refractivity contribution < 1.29 is 24.6 Å². The lowest BCUT2D eigenvalue weighted by atomic mass is 9.71. The number of carbonyl (C=O) groups is 3. The van der Waals surface area contributed by atoms with Gasteiger partial charge in [-0.05, 0) is 44.2 Å². The number of likely N-dealkylation sites (tertiary alicyclic amines) is 1. The molecule has 3 saturated heterocycles. The van der Waals surface area contributed by atoms with Crippen LogP contribution in [0.15, 0.2) is 30.9 Å². The number of hydrogen-bond acceptors (Lipinski definition) is 5. The van der Waals surface area contributed by atoms with Crippen LogP contribution in [0.5, 0.6) is 0 Å². The van der Waals surface area contributed by atoms with Gasteiger partial charge >= 0.3 is 5.97 Å². The van der Waals surface area contributed by atoms with Gasteiger partial charge in [0.1, 0.15) is 6.04 Å². The molecule has 0 aromatic heterocycles. The molecule has 3 unspecified atom stereocenters. The van der Waals surface area contributed by atoms with E-state index in [1.165, 1.54) is 11.8 Å². The van der Waals surface area contributed by atoms with Crippen molar-refractivity contribution in [3.05, 3.63) is 41.4 Å². The molecule has 0 aliphatic carbocycles. The van der Waals surface area contributed by atoms with Crippen LogP contribution < -0.4 is 4.90 Å². The zero-order valence-corrected chi connectivity index (χ0v) is 22.7. The first-order valence-electron chi connectivity index (χ1n) is 11.8. The standard InChI is InChI=1S/C25H30BrClN2O5S/c1-3-10-28(19-14(2)8-7-9-16(19)27)23(32)21-25-13-15(26)20(35-25)17(24(33)34)18(25)22(31)29(21)11-5-4-6-12-30/h3,7-9,15,17-18,20-21,30H,1,4-6,10-13H2,2H3,(H,33,34)/t15?,17-,18+,20-,21?,25?/m1/s1. The number of benzene rings is 1. The Morgan fingerprint density at radius 3 is 2.74 bits per heavy atom.